The minimum absolute atomic E-state index is 0. The molecule has 0 radical (unpaired) electrons. The molecule has 2 atom stereocenters. The van der Waals surface area contributed by atoms with Gasteiger partial charge in [0.05, 0.1) is 38.8 Å². The van der Waals surface area contributed by atoms with Crippen molar-refractivity contribution in [2.24, 2.45) is 69.3 Å². The molecule has 0 saturated heterocycles. The molecule has 368 valence electrons. The fraction of sp³-hybridized carbons (Fsp3) is 1.00. The first-order chi connectivity index (χ1) is 26.6. The third kappa shape index (κ3) is 19.0. The zero-order valence-electron chi connectivity index (χ0n) is 36.8. The lowest BCUT2D eigenvalue weighted by Crippen LogP contribution is -2.48. The number of nitrogens with zero attached hydrogens (tertiary/aromatic N) is 2. The largest absolute Gasteiger partial charge is 0.331 e. The topological polar surface area (TPSA) is 182 Å². The molecule has 61 heavy (non-hydrogen) atoms. The molecule has 8 fully saturated rings. The van der Waals surface area contributed by atoms with Crippen LogP contribution in [-0.4, -0.2) is 114 Å². The van der Waals surface area contributed by atoms with Crippen LogP contribution < -0.4 is 22.9 Å². The third-order valence-electron chi connectivity index (χ3n) is 14.4. The Hall–Kier alpha value is 1.80. The molecule has 8 bridgehead atoms. The van der Waals surface area contributed by atoms with Crippen molar-refractivity contribution >= 4 is 89.6 Å². The summed E-state index contributed by atoms with van der Waals surface area (Å²) in [6.07, 6.45) is 20.0. The molecular weight excluding hydrogens is 947 g/mol. The summed E-state index contributed by atoms with van der Waals surface area (Å²) in [5.74, 6) is 4.78. The number of rotatable bonds is 30. The first-order valence-corrected chi connectivity index (χ1v) is 26.0. The molecule has 12 nitrogen and oxygen atoms in total. The first-order valence-electron chi connectivity index (χ1n) is 22.6. The Morgan fingerprint density at radius 1 is 0.410 bits per heavy atom. The second-order valence-electron chi connectivity index (χ2n) is 19.3. The summed E-state index contributed by atoms with van der Waals surface area (Å²) < 4.78 is 54.9. The highest BCUT2D eigenvalue weighted by Gasteiger charge is 2.53. The molecule has 8 rings (SSSR count). The maximum Gasteiger partial charge on any atom is 0.331 e. The van der Waals surface area contributed by atoms with E-state index in [9.17, 15) is 9.13 Å². The van der Waals surface area contributed by atoms with Crippen molar-refractivity contribution in [2.75, 3.05) is 104 Å². The Morgan fingerprint density at radius 2 is 0.672 bits per heavy atom. The highest BCUT2D eigenvalue weighted by atomic mass is 35.5. The van der Waals surface area contributed by atoms with Gasteiger partial charge < -0.3 is 50.8 Å². The fourth-order valence-electron chi connectivity index (χ4n) is 12.7. The van der Waals surface area contributed by atoms with Crippen molar-refractivity contribution in [3.8, 4) is 0 Å². The predicted octanol–water partition coefficient (Wildman–Crippen LogP) is 8.79. The molecule has 0 spiro atoms. The lowest BCUT2D eigenvalue weighted by molar-refractivity contribution is -0.0771. The van der Waals surface area contributed by atoms with Crippen molar-refractivity contribution in [1.82, 2.24) is 9.80 Å². The molecule has 8 saturated carbocycles. The van der Waals surface area contributed by atoms with Gasteiger partial charge in [-0.25, -0.2) is 0 Å². The maximum atomic E-state index is 14.6. The molecule has 20 heteroatoms. The molecule has 0 aromatic carbocycles. The van der Waals surface area contributed by atoms with Crippen LogP contribution in [0.1, 0.15) is 109 Å². The second-order valence-corrected chi connectivity index (χ2v) is 23.7. The Kier molecular flexibility index (Phi) is 31.2. The maximum absolute atomic E-state index is 14.6. The van der Waals surface area contributed by atoms with E-state index in [-0.39, 0.29) is 98.5 Å². The number of nitrogens with two attached hydrogens (primary N) is 4. The van der Waals surface area contributed by atoms with Crippen molar-refractivity contribution in [2.45, 2.75) is 109 Å². The van der Waals surface area contributed by atoms with Gasteiger partial charge in [-0.15, -0.1) is 74.4 Å². The highest BCUT2D eigenvalue weighted by molar-refractivity contribution is 7.54. The summed E-state index contributed by atoms with van der Waals surface area (Å²) in [5.41, 5.74) is 23.7. The minimum atomic E-state index is -3.42. The minimum Gasteiger partial charge on any atom is -0.330 e. The van der Waals surface area contributed by atoms with Crippen LogP contribution in [0.3, 0.4) is 0 Å². The van der Waals surface area contributed by atoms with Gasteiger partial charge in [0.1, 0.15) is 0 Å². The van der Waals surface area contributed by atoms with Crippen LogP contribution in [0.15, 0.2) is 0 Å². The molecule has 0 amide bonds. The summed E-state index contributed by atoms with van der Waals surface area (Å²) in [6.45, 7) is 8.55. The van der Waals surface area contributed by atoms with Crippen LogP contribution in [0.25, 0.3) is 0 Å². The van der Waals surface area contributed by atoms with E-state index in [2.05, 4.69) is 9.80 Å². The van der Waals surface area contributed by atoms with Gasteiger partial charge in [-0.2, -0.15) is 0 Å². The lowest BCUT2D eigenvalue weighted by atomic mass is 9.50. The zero-order chi connectivity index (χ0) is 38.8. The molecule has 0 aromatic heterocycles. The van der Waals surface area contributed by atoms with Gasteiger partial charge in [0.25, 0.3) is 0 Å². The van der Waals surface area contributed by atoms with E-state index in [4.69, 9.17) is 41.0 Å². The highest BCUT2D eigenvalue weighted by Crippen LogP contribution is 2.63. The standard InChI is InChI=1S/C41H80N6O6P2.6ClH/c42-6-1-10-46(11-2-7-43)14-18-54(48,52-32-40-26-34-20-35(27-40)22-36(21-34)28-40)50-16-5-17-51-55(49,19-15-47(12-3-8-44)13-4-9-45)53-33-41-29-37-23-38(30-41)25-39(24-37)31-41;;;;;;/h34-39H,1-33,42-45H2;6*1H. The Morgan fingerprint density at radius 3 is 0.918 bits per heavy atom. The van der Waals surface area contributed by atoms with E-state index in [1.54, 1.807) is 0 Å². The van der Waals surface area contributed by atoms with E-state index in [1.807, 2.05) is 0 Å². The van der Waals surface area contributed by atoms with Gasteiger partial charge in [0.15, 0.2) is 0 Å². The molecule has 0 aromatic rings. The fourth-order valence-corrected chi connectivity index (χ4v) is 16.1. The van der Waals surface area contributed by atoms with Crippen LogP contribution >= 0.6 is 89.6 Å². The quantitative estimate of drug-likeness (QED) is 0.0397. The van der Waals surface area contributed by atoms with Crippen molar-refractivity contribution in [3.05, 3.63) is 0 Å². The van der Waals surface area contributed by atoms with Gasteiger partial charge in [-0.05, 0) is 208 Å². The third-order valence-corrected chi connectivity index (χ3v) is 18.1. The second kappa shape index (κ2) is 30.3. The molecule has 0 aliphatic heterocycles. The molecular formula is C41H86Cl6N6O6P2. The Labute approximate surface area is 406 Å². The number of hydrogen-bond acceptors (Lipinski definition) is 12. The van der Waals surface area contributed by atoms with Crippen LogP contribution in [0, 0.1) is 46.3 Å². The smallest absolute Gasteiger partial charge is 0.330 e. The lowest BCUT2D eigenvalue weighted by Gasteiger charge is -2.56. The van der Waals surface area contributed by atoms with Crippen LogP contribution in [0.4, 0.5) is 0 Å². The average Bonchev–Trinajstić information content (AvgIpc) is 3.15. The number of hydrogen-bond donors (Lipinski definition) is 4. The summed E-state index contributed by atoms with van der Waals surface area (Å²) in [6, 6.07) is 0. The van der Waals surface area contributed by atoms with Gasteiger partial charge in [0, 0.05) is 13.1 Å². The van der Waals surface area contributed by atoms with Gasteiger partial charge >= 0.3 is 15.2 Å². The van der Waals surface area contributed by atoms with E-state index in [1.165, 1.54) is 77.0 Å². The van der Waals surface area contributed by atoms with E-state index in [0.29, 0.717) is 71.2 Å². The molecule has 8 aliphatic carbocycles. The van der Waals surface area contributed by atoms with Gasteiger partial charge in [-0.3, -0.25) is 9.13 Å². The summed E-state index contributed by atoms with van der Waals surface area (Å²) >= 11 is 0. The van der Waals surface area contributed by atoms with E-state index >= 15 is 0 Å². The van der Waals surface area contributed by atoms with Crippen molar-refractivity contribution < 1.29 is 27.2 Å². The number of halogens is 6. The first kappa shape index (κ1) is 62.8. The Balaban J connectivity index is 0.00000600. The van der Waals surface area contributed by atoms with E-state index in [0.717, 1.165) is 87.4 Å². The van der Waals surface area contributed by atoms with Gasteiger partial charge in [-0.1, -0.05) is 0 Å². The van der Waals surface area contributed by atoms with Crippen LogP contribution in [-0.2, 0) is 27.2 Å². The summed E-state index contributed by atoms with van der Waals surface area (Å²) in [4.78, 5) is 4.60. The SMILES string of the molecule is Cl.Cl.Cl.Cl.Cl.Cl.NCCCN(CCCN)CCP(=O)(OCCCOP(=O)(CCN(CCCN)CCCN)OCC12CC3CC(CC(C3)C1)C2)OCC12CC3CC(CC(C3)C1)C2. The monoisotopic (exact) mass is 1030 g/mol. The normalized spacial score (nSPS) is 30.9. The summed E-state index contributed by atoms with van der Waals surface area (Å²) in [7, 11) is -6.84. The average molecular weight is 1030 g/mol. The predicted molar refractivity (Wildman–Crippen MR) is 266 cm³/mol. The molecule has 8 N–H and O–H groups in total. The molecule has 2 unspecified atom stereocenters. The zero-order valence-corrected chi connectivity index (χ0v) is 43.5. The van der Waals surface area contributed by atoms with Crippen molar-refractivity contribution in [3.63, 3.8) is 0 Å². The van der Waals surface area contributed by atoms with Crippen LogP contribution in [0.2, 0.25) is 0 Å². The summed E-state index contributed by atoms with van der Waals surface area (Å²) in [5, 5.41) is 0. The molecule has 8 aliphatic rings. The van der Waals surface area contributed by atoms with E-state index < -0.39 is 15.2 Å². The molecule has 0 heterocycles. The van der Waals surface area contributed by atoms with Crippen LogP contribution in [0.5, 0.6) is 0 Å². The Bertz CT molecular complexity index is 1110. The van der Waals surface area contributed by atoms with Crippen molar-refractivity contribution in [1.29, 1.82) is 0 Å². The van der Waals surface area contributed by atoms with Gasteiger partial charge in [0.2, 0.25) is 0 Å².